The lowest BCUT2D eigenvalue weighted by Gasteiger charge is -2.09. The zero-order valence-electron chi connectivity index (χ0n) is 16.0. The number of carbonyl (C=O) groups excluding carboxylic acids is 1. The predicted octanol–water partition coefficient (Wildman–Crippen LogP) is 4.53. The molecule has 0 saturated heterocycles. The number of amides is 1. The molecule has 144 valence electrons. The van der Waals surface area contributed by atoms with Gasteiger partial charge in [0, 0.05) is 10.9 Å². The first-order chi connectivity index (χ1) is 14.3. The monoisotopic (exact) mass is 384 g/mol. The average molecular weight is 384 g/mol. The van der Waals surface area contributed by atoms with E-state index in [4.69, 9.17) is 9.47 Å². The summed E-state index contributed by atoms with van der Waals surface area (Å²) in [6, 6.07) is 25.4. The van der Waals surface area contributed by atoms with Crippen molar-refractivity contribution in [2.45, 2.75) is 0 Å². The Morgan fingerprint density at radius 1 is 0.862 bits per heavy atom. The summed E-state index contributed by atoms with van der Waals surface area (Å²) >= 11 is 0. The molecule has 0 fully saturated rings. The highest BCUT2D eigenvalue weighted by molar-refractivity contribution is 6.02. The van der Waals surface area contributed by atoms with Crippen LogP contribution in [0.4, 0.5) is 0 Å². The first-order valence-electron chi connectivity index (χ1n) is 9.24. The number of hydrogen-bond acceptors (Lipinski definition) is 4. The summed E-state index contributed by atoms with van der Waals surface area (Å²) in [4.78, 5) is 12.2. The lowest BCUT2D eigenvalue weighted by atomic mass is 10.0. The minimum absolute atomic E-state index is 0.127. The van der Waals surface area contributed by atoms with Crippen molar-refractivity contribution in [2.24, 2.45) is 5.10 Å². The van der Waals surface area contributed by atoms with Crippen molar-refractivity contribution in [2.75, 3.05) is 13.7 Å². The number of carbonyl (C=O) groups is 1. The molecule has 5 nitrogen and oxygen atoms in total. The predicted molar refractivity (Wildman–Crippen MR) is 116 cm³/mol. The molecular weight excluding hydrogens is 364 g/mol. The molecule has 5 heteroatoms. The van der Waals surface area contributed by atoms with E-state index in [-0.39, 0.29) is 12.5 Å². The van der Waals surface area contributed by atoms with Gasteiger partial charge in [-0.25, -0.2) is 5.43 Å². The van der Waals surface area contributed by atoms with Crippen LogP contribution in [0.2, 0.25) is 0 Å². The molecule has 0 aliphatic rings. The fourth-order valence-corrected chi connectivity index (χ4v) is 3.25. The molecule has 0 atom stereocenters. The summed E-state index contributed by atoms with van der Waals surface area (Å²) in [6.45, 7) is -0.127. The van der Waals surface area contributed by atoms with E-state index in [1.807, 2.05) is 78.9 Å². The Hall–Kier alpha value is -3.86. The van der Waals surface area contributed by atoms with Crippen LogP contribution in [0.15, 0.2) is 84.0 Å². The second kappa shape index (κ2) is 8.44. The number of rotatable bonds is 6. The molecule has 0 saturated carbocycles. The topological polar surface area (TPSA) is 59.9 Å². The van der Waals surface area contributed by atoms with Crippen molar-refractivity contribution in [1.82, 2.24) is 5.43 Å². The molecule has 4 aromatic rings. The van der Waals surface area contributed by atoms with E-state index >= 15 is 0 Å². The van der Waals surface area contributed by atoms with Crippen LogP contribution < -0.4 is 14.9 Å². The van der Waals surface area contributed by atoms with Gasteiger partial charge in [-0.15, -0.1) is 0 Å². The maximum Gasteiger partial charge on any atom is 0.277 e. The van der Waals surface area contributed by atoms with E-state index in [2.05, 4.69) is 10.5 Å². The number of nitrogens with one attached hydrogen (secondary N) is 1. The third kappa shape index (κ3) is 4.04. The van der Waals surface area contributed by atoms with E-state index in [1.54, 1.807) is 13.3 Å². The Labute approximate surface area is 168 Å². The zero-order chi connectivity index (χ0) is 20.1. The first-order valence-corrected chi connectivity index (χ1v) is 9.24. The summed E-state index contributed by atoms with van der Waals surface area (Å²) in [5, 5.41) is 8.18. The lowest BCUT2D eigenvalue weighted by Crippen LogP contribution is -2.24. The quantitative estimate of drug-likeness (QED) is 0.392. The molecule has 0 aliphatic carbocycles. The highest BCUT2D eigenvalue weighted by Gasteiger charge is 2.07. The summed E-state index contributed by atoms with van der Waals surface area (Å²) in [5.41, 5.74) is 3.32. The Kier molecular flexibility index (Phi) is 5.38. The number of fused-ring (bicyclic) bond motifs is 2. The maximum absolute atomic E-state index is 12.2. The van der Waals surface area contributed by atoms with Gasteiger partial charge in [-0.2, -0.15) is 5.10 Å². The normalized spacial score (nSPS) is 11.1. The molecule has 29 heavy (non-hydrogen) atoms. The third-order valence-corrected chi connectivity index (χ3v) is 4.64. The summed E-state index contributed by atoms with van der Waals surface area (Å²) in [5.74, 6) is 1.01. The van der Waals surface area contributed by atoms with E-state index in [0.717, 1.165) is 27.1 Å². The number of hydrogen-bond donors (Lipinski definition) is 1. The molecular formula is C24H20N2O3. The lowest BCUT2D eigenvalue weighted by molar-refractivity contribution is -0.123. The van der Waals surface area contributed by atoms with Crippen LogP contribution in [-0.2, 0) is 4.79 Å². The van der Waals surface area contributed by atoms with E-state index < -0.39 is 0 Å². The molecule has 1 amide bonds. The molecule has 0 aromatic heterocycles. The van der Waals surface area contributed by atoms with Crippen molar-refractivity contribution in [3.05, 3.63) is 84.4 Å². The minimum Gasteiger partial charge on any atom is -0.496 e. The Morgan fingerprint density at radius 3 is 2.34 bits per heavy atom. The Balaban J connectivity index is 1.45. The van der Waals surface area contributed by atoms with Gasteiger partial charge in [0.05, 0.1) is 13.3 Å². The van der Waals surface area contributed by atoms with Crippen LogP contribution in [0.5, 0.6) is 11.5 Å². The second-order valence-corrected chi connectivity index (χ2v) is 6.46. The van der Waals surface area contributed by atoms with Crippen LogP contribution in [0.25, 0.3) is 21.5 Å². The fourth-order valence-electron chi connectivity index (χ4n) is 3.25. The van der Waals surface area contributed by atoms with Crippen molar-refractivity contribution in [3.63, 3.8) is 0 Å². The Morgan fingerprint density at radius 2 is 1.55 bits per heavy atom. The summed E-state index contributed by atoms with van der Waals surface area (Å²) in [7, 11) is 1.61. The molecule has 1 N–H and O–H groups in total. The summed E-state index contributed by atoms with van der Waals surface area (Å²) in [6.07, 6.45) is 1.59. The van der Waals surface area contributed by atoms with Gasteiger partial charge in [-0.3, -0.25) is 4.79 Å². The highest BCUT2D eigenvalue weighted by Crippen LogP contribution is 2.26. The van der Waals surface area contributed by atoms with Gasteiger partial charge < -0.3 is 9.47 Å². The SMILES string of the molecule is COc1ccc2ccccc2c1/C=N/NC(=O)COc1cccc2ccccc12. The molecule has 0 unspecified atom stereocenters. The van der Waals surface area contributed by atoms with Gasteiger partial charge in [0.2, 0.25) is 0 Å². The molecule has 0 radical (unpaired) electrons. The Bertz CT molecular complexity index is 1200. The van der Waals surface area contributed by atoms with E-state index in [1.165, 1.54) is 0 Å². The smallest absolute Gasteiger partial charge is 0.277 e. The molecule has 0 bridgehead atoms. The van der Waals surface area contributed by atoms with E-state index in [0.29, 0.717) is 11.5 Å². The molecule has 4 rings (SSSR count). The van der Waals surface area contributed by atoms with Crippen LogP contribution in [-0.4, -0.2) is 25.8 Å². The third-order valence-electron chi connectivity index (χ3n) is 4.64. The zero-order valence-corrected chi connectivity index (χ0v) is 16.0. The number of benzene rings is 4. The van der Waals surface area contributed by atoms with Crippen molar-refractivity contribution in [1.29, 1.82) is 0 Å². The number of ether oxygens (including phenoxy) is 2. The van der Waals surface area contributed by atoms with Gasteiger partial charge in [-0.1, -0.05) is 66.7 Å². The van der Waals surface area contributed by atoms with Crippen LogP contribution >= 0.6 is 0 Å². The molecule has 4 aromatic carbocycles. The number of methoxy groups -OCH3 is 1. The largest absolute Gasteiger partial charge is 0.496 e. The van der Waals surface area contributed by atoms with Gasteiger partial charge >= 0.3 is 0 Å². The van der Waals surface area contributed by atoms with Crippen LogP contribution in [0.3, 0.4) is 0 Å². The second-order valence-electron chi connectivity index (χ2n) is 6.46. The fraction of sp³-hybridized carbons (Fsp3) is 0.0833. The highest BCUT2D eigenvalue weighted by atomic mass is 16.5. The van der Waals surface area contributed by atoms with Gasteiger partial charge in [-0.05, 0) is 28.3 Å². The summed E-state index contributed by atoms with van der Waals surface area (Å²) < 4.78 is 11.1. The van der Waals surface area contributed by atoms with Crippen molar-refractivity contribution in [3.8, 4) is 11.5 Å². The number of nitrogens with zero attached hydrogens (tertiary/aromatic N) is 1. The van der Waals surface area contributed by atoms with Gasteiger partial charge in [0.15, 0.2) is 6.61 Å². The van der Waals surface area contributed by atoms with E-state index in [9.17, 15) is 4.79 Å². The van der Waals surface area contributed by atoms with Crippen LogP contribution in [0.1, 0.15) is 5.56 Å². The standard InChI is InChI=1S/C24H20N2O3/c1-28-22-14-13-18-8-2-4-10-19(18)21(22)15-25-26-24(27)16-29-23-12-6-9-17-7-3-5-11-20(17)23/h2-15H,16H2,1H3,(H,26,27)/b25-15+. The molecule has 0 spiro atoms. The average Bonchev–Trinajstić information content (AvgIpc) is 2.77. The first kappa shape index (κ1) is 18.5. The van der Waals surface area contributed by atoms with Crippen molar-refractivity contribution >= 4 is 33.7 Å². The maximum atomic E-state index is 12.2. The van der Waals surface area contributed by atoms with Gasteiger partial charge in [0.1, 0.15) is 11.5 Å². The van der Waals surface area contributed by atoms with Crippen molar-refractivity contribution < 1.29 is 14.3 Å². The molecule has 0 heterocycles. The van der Waals surface area contributed by atoms with Crippen LogP contribution in [0, 0.1) is 0 Å². The number of hydrazone groups is 1. The van der Waals surface area contributed by atoms with Gasteiger partial charge in [0.25, 0.3) is 5.91 Å². The molecule has 0 aliphatic heterocycles. The minimum atomic E-state index is -0.339.